The number of primary sulfonamides is 1. The Morgan fingerprint density at radius 2 is 2.28 bits per heavy atom. The molecule has 0 saturated carbocycles. The van der Waals surface area contributed by atoms with Gasteiger partial charge in [-0.25, -0.2) is 18.5 Å². The third-order valence-electron chi connectivity index (χ3n) is 3.07. The molecule has 1 fully saturated rings. The van der Waals surface area contributed by atoms with Crippen LogP contribution < -0.4 is 15.2 Å². The van der Waals surface area contributed by atoms with E-state index in [2.05, 4.69) is 17.2 Å². The number of piperidine rings is 1. The highest BCUT2D eigenvalue weighted by atomic mass is 32.2. The zero-order valence-electron chi connectivity index (χ0n) is 10.2. The number of nitrogens with two attached hydrogens (primary N) is 1. The van der Waals surface area contributed by atoms with Gasteiger partial charge in [-0.1, -0.05) is 6.92 Å². The fraction of sp³-hybridized carbons (Fsp3) is 0.545. The minimum atomic E-state index is -3.69. The predicted molar refractivity (Wildman–Crippen MR) is 66.7 cm³/mol. The van der Waals surface area contributed by atoms with Crippen LogP contribution in [0.4, 0.5) is 0 Å². The highest BCUT2D eigenvalue weighted by molar-refractivity contribution is 7.89. The molecule has 0 aliphatic carbocycles. The van der Waals surface area contributed by atoms with Crippen molar-refractivity contribution in [3.05, 3.63) is 18.3 Å². The van der Waals surface area contributed by atoms with Gasteiger partial charge in [-0.3, -0.25) is 0 Å². The predicted octanol–water partition coefficient (Wildman–Crippen LogP) is 0.106. The molecule has 2 heterocycles. The van der Waals surface area contributed by atoms with Gasteiger partial charge < -0.3 is 10.1 Å². The summed E-state index contributed by atoms with van der Waals surface area (Å²) in [4.78, 5) is 3.95. The average molecular weight is 271 g/mol. The maximum Gasteiger partial charge on any atom is 0.239 e. The van der Waals surface area contributed by atoms with Gasteiger partial charge in [0, 0.05) is 12.6 Å². The molecule has 100 valence electrons. The van der Waals surface area contributed by atoms with E-state index in [0.717, 1.165) is 19.5 Å². The lowest BCUT2D eigenvalue weighted by atomic mass is 9.97. The standard InChI is InChI=1S/C11H17N3O3S/c1-8-4-5-13-7-10(8)17-11-3-2-9(6-14-11)18(12,15)16/h2-3,6,8,10,13H,4-5,7H2,1H3,(H2,12,15,16). The van der Waals surface area contributed by atoms with Crippen molar-refractivity contribution in [2.45, 2.75) is 24.3 Å². The van der Waals surface area contributed by atoms with E-state index >= 15 is 0 Å². The molecular weight excluding hydrogens is 254 g/mol. The molecule has 1 saturated heterocycles. The topological polar surface area (TPSA) is 94.3 Å². The summed E-state index contributed by atoms with van der Waals surface area (Å²) in [5.74, 6) is 0.869. The molecule has 2 rings (SSSR count). The molecule has 0 spiro atoms. The molecule has 1 aliphatic rings. The van der Waals surface area contributed by atoms with Crippen LogP contribution in [0.2, 0.25) is 0 Å². The molecule has 0 amide bonds. The Kier molecular flexibility index (Phi) is 3.84. The van der Waals surface area contributed by atoms with Gasteiger partial charge in [0.15, 0.2) is 0 Å². The first-order chi connectivity index (χ1) is 8.47. The van der Waals surface area contributed by atoms with Gasteiger partial charge in [-0.05, 0) is 24.9 Å². The summed E-state index contributed by atoms with van der Waals surface area (Å²) in [6.45, 7) is 3.91. The molecule has 3 N–H and O–H groups in total. The van der Waals surface area contributed by atoms with Gasteiger partial charge in [0.1, 0.15) is 11.0 Å². The number of hydrogen-bond donors (Lipinski definition) is 2. The highest BCUT2D eigenvalue weighted by Gasteiger charge is 2.23. The second-order valence-electron chi connectivity index (χ2n) is 4.50. The van der Waals surface area contributed by atoms with Crippen molar-refractivity contribution in [1.29, 1.82) is 0 Å². The molecular formula is C11H17N3O3S. The smallest absolute Gasteiger partial charge is 0.239 e. The van der Waals surface area contributed by atoms with E-state index in [-0.39, 0.29) is 11.0 Å². The Labute approximate surface area is 107 Å². The summed E-state index contributed by atoms with van der Waals surface area (Å²) in [7, 11) is -3.69. The summed E-state index contributed by atoms with van der Waals surface area (Å²) in [5.41, 5.74) is 0. The Morgan fingerprint density at radius 3 is 2.83 bits per heavy atom. The maximum absolute atomic E-state index is 11.1. The largest absolute Gasteiger partial charge is 0.473 e. The van der Waals surface area contributed by atoms with Crippen LogP contribution in [0.15, 0.2) is 23.2 Å². The van der Waals surface area contributed by atoms with Gasteiger partial charge in [0.25, 0.3) is 0 Å². The zero-order valence-corrected chi connectivity index (χ0v) is 11.0. The Balaban J connectivity index is 2.06. The van der Waals surface area contributed by atoms with Crippen LogP contribution in [0.1, 0.15) is 13.3 Å². The van der Waals surface area contributed by atoms with E-state index in [0.29, 0.717) is 11.8 Å². The average Bonchev–Trinajstić information content (AvgIpc) is 2.32. The van der Waals surface area contributed by atoms with E-state index in [1.54, 1.807) is 0 Å². The van der Waals surface area contributed by atoms with Crippen LogP contribution in [0.5, 0.6) is 5.88 Å². The molecule has 1 aromatic rings. The number of rotatable bonds is 3. The second kappa shape index (κ2) is 5.21. The molecule has 1 aliphatic heterocycles. The fourth-order valence-electron chi connectivity index (χ4n) is 1.88. The number of aromatic nitrogens is 1. The molecule has 2 unspecified atom stereocenters. The second-order valence-corrected chi connectivity index (χ2v) is 6.06. The summed E-state index contributed by atoms with van der Waals surface area (Å²) >= 11 is 0. The van der Waals surface area contributed by atoms with E-state index < -0.39 is 10.0 Å². The summed E-state index contributed by atoms with van der Waals surface area (Å²) in [5, 5.41) is 8.25. The Bertz CT molecular complexity index is 501. The summed E-state index contributed by atoms with van der Waals surface area (Å²) in [6.07, 6.45) is 2.33. The first-order valence-corrected chi connectivity index (χ1v) is 7.37. The number of sulfonamides is 1. The van der Waals surface area contributed by atoms with E-state index in [4.69, 9.17) is 9.88 Å². The minimum absolute atomic E-state index is 0.00957. The van der Waals surface area contributed by atoms with Crippen LogP contribution in [0, 0.1) is 5.92 Å². The van der Waals surface area contributed by atoms with Crippen molar-refractivity contribution in [3.63, 3.8) is 0 Å². The third-order valence-corrected chi connectivity index (χ3v) is 3.97. The normalized spacial score (nSPS) is 24.8. The Morgan fingerprint density at radius 1 is 1.50 bits per heavy atom. The van der Waals surface area contributed by atoms with Gasteiger partial charge in [-0.2, -0.15) is 0 Å². The van der Waals surface area contributed by atoms with Crippen molar-refractivity contribution >= 4 is 10.0 Å². The molecule has 18 heavy (non-hydrogen) atoms. The van der Waals surface area contributed by atoms with Crippen molar-refractivity contribution in [1.82, 2.24) is 10.3 Å². The molecule has 1 aromatic heterocycles. The van der Waals surface area contributed by atoms with Gasteiger partial charge in [0.05, 0.1) is 6.20 Å². The van der Waals surface area contributed by atoms with E-state index in [9.17, 15) is 8.42 Å². The summed E-state index contributed by atoms with van der Waals surface area (Å²) < 4.78 is 27.9. The van der Waals surface area contributed by atoms with Crippen molar-refractivity contribution < 1.29 is 13.2 Å². The van der Waals surface area contributed by atoms with Crippen LogP contribution in [0.3, 0.4) is 0 Å². The lowest BCUT2D eigenvalue weighted by Crippen LogP contribution is -2.42. The van der Waals surface area contributed by atoms with Crippen molar-refractivity contribution in [3.8, 4) is 5.88 Å². The number of hydrogen-bond acceptors (Lipinski definition) is 5. The minimum Gasteiger partial charge on any atom is -0.473 e. The Hall–Kier alpha value is -1.18. The first kappa shape index (κ1) is 13.3. The number of pyridine rings is 1. The van der Waals surface area contributed by atoms with Crippen LogP contribution in [-0.4, -0.2) is 32.6 Å². The van der Waals surface area contributed by atoms with Crippen LogP contribution >= 0.6 is 0 Å². The van der Waals surface area contributed by atoms with Gasteiger partial charge in [-0.15, -0.1) is 0 Å². The van der Waals surface area contributed by atoms with Crippen molar-refractivity contribution in [2.75, 3.05) is 13.1 Å². The zero-order chi connectivity index (χ0) is 13.2. The molecule has 6 nitrogen and oxygen atoms in total. The lowest BCUT2D eigenvalue weighted by Gasteiger charge is -2.29. The summed E-state index contributed by atoms with van der Waals surface area (Å²) in [6, 6.07) is 2.93. The quantitative estimate of drug-likeness (QED) is 0.813. The number of nitrogens with zero attached hydrogens (tertiary/aromatic N) is 1. The number of ether oxygens (including phenoxy) is 1. The van der Waals surface area contributed by atoms with Gasteiger partial charge in [0.2, 0.25) is 15.9 Å². The van der Waals surface area contributed by atoms with E-state index in [1.165, 1.54) is 18.3 Å². The fourth-order valence-corrected chi connectivity index (χ4v) is 2.34. The van der Waals surface area contributed by atoms with Gasteiger partial charge >= 0.3 is 0 Å². The number of nitrogens with one attached hydrogen (secondary N) is 1. The molecule has 0 radical (unpaired) electrons. The first-order valence-electron chi connectivity index (χ1n) is 5.83. The lowest BCUT2D eigenvalue weighted by molar-refractivity contribution is 0.109. The monoisotopic (exact) mass is 271 g/mol. The van der Waals surface area contributed by atoms with Crippen molar-refractivity contribution in [2.24, 2.45) is 11.1 Å². The SMILES string of the molecule is CC1CCNCC1Oc1ccc(S(N)(=O)=O)cn1. The van der Waals surface area contributed by atoms with Crippen LogP contribution in [-0.2, 0) is 10.0 Å². The van der Waals surface area contributed by atoms with E-state index in [1.807, 2.05) is 0 Å². The van der Waals surface area contributed by atoms with Crippen LogP contribution in [0.25, 0.3) is 0 Å². The molecule has 7 heteroatoms. The molecule has 0 aromatic carbocycles. The highest BCUT2D eigenvalue weighted by Crippen LogP contribution is 2.18. The third kappa shape index (κ3) is 3.18. The molecule has 0 bridgehead atoms. The maximum atomic E-state index is 11.1. The molecule has 2 atom stereocenters.